The van der Waals surface area contributed by atoms with Gasteiger partial charge in [0.05, 0.1) is 0 Å². The average Bonchev–Trinajstić information content (AvgIpc) is 2.80. The molecule has 0 saturated heterocycles. The number of aromatic nitrogens is 2. The van der Waals surface area contributed by atoms with Crippen LogP contribution in [0.3, 0.4) is 0 Å². The van der Waals surface area contributed by atoms with E-state index in [4.69, 9.17) is 16.3 Å². The van der Waals surface area contributed by atoms with E-state index >= 15 is 0 Å². The SMILES string of the molecule is COCC(=O)Nc1nnc(Cc2ccc(Cl)cc2)s1. The molecule has 100 valence electrons. The van der Waals surface area contributed by atoms with E-state index in [2.05, 4.69) is 15.5 Å². The predicted molar refractivity (Wildman–Crippen MR) is 74.7 cm³/mol. The van der Waals surface area contributed by atoms with E-state index < -0.39 is 0 Å². The molecule has 0 aliphatic carbocycles. The Kier molecular flexibility index (Phi) is 4.84. The largest absolute Gasteiger partial charge is 0.375 e. The summed E-state index contributed by atoms with van der Waals surface area (Å²) in [6, 6.07) is 7.54. The van der Waals surface area contributed by atoms with E-state index in [-0.39, 0.29) is 12.5 Å². The fourth-order valence-electron chi connectivity index (χ4n) is 1.44. The van der Waals surface area contributed by atoms with Gasteiger partial charge < -0.3 is 4.74 Å². The van der Waals surface area contributed by atoms with Gasteiger partial charge in [-0.25, -0.2) is 0 Å². The van der Waals surface area contributed by atoms with Gasteiger partial charge in [0, 0.05) is 18.6 Å². The second-order valence-electron chi connectivity index (χ2n) is 3.79. The lowest BCUT2D eigenvalue weighted by Crippen LogP contribution is -2.16. The number of carbonyl (C=O) groups excluding carboxylic acids is 1. The highest BCUT2D eigenvalue weighted by Gasteiger charge is 2.08. The van der Waals surface area contributed by atoms with Gasteiger partial charge in [0.2, 0.25) is 5.13 Å². The molecular formula is C12H12ClN3O2S. The standard InChI is InChI=1S/C12H12ClN3O2S/c1-18-7-10(17)14-12-16-15-11(19-12)6-8-2-4-9(13)5-3-8/h2-5H,6-7H2,1H3,(H,14,16,17). The highest BCUT2D eigenvalue weighted by Crippen LogP contribution is 2.19. The highest BCUT2D eigenvalue weighted by molar-refractivity contribution is 7.15. The predicted octanol–water partition coefficient (Wildman–Crippen LogP) is 2.37. The maximum absolute atomic E-state index is 11.3. The highest BCUT2D eigenvalue weighted by atomic mass is 35.5. The third kappa shape index (κ3) is 4.27. The van der Waals surface area contributed by atoms with Crippen molar-refractivity contribution in [2.24, 2.45) is 0 Å². The summed E-state index contributed by atoms with van der Waals surface area (Å²) in [5.74, 6) is -0.239. The number of nitrogens with zero attached hydrogens (tertiary/aromatic N) is 2. The van der Waals surface area contributed by atoms with Crippen LogP contribution in [0.25, 0.3) is 0 Å². The van der Waals surface area contributed by atoms with Gasteiger partial charge in [0.25, 0.3) is 5.91 Å². The van der Waals surface area contributed by atoms with Crippen molar-refractivity contribution >= 4 is 34.0 Å². The van der Waals surface area contributed by atoms with Crippen LogP contribution in [0.1, 0.15) is 10.6 Å². The molecule has 0 atom stereocenters. The summed E-state index contributed by atoms with van der Waals surface area (Å²) >= 11 is 7.16. The van der Waals surface area contributed by atoms with Crippen LogP contribution < -0.4 is 5.32 Å². The molecule has 1 aromatic carbocycles. The van der Waals surface area contributed by atoms with E-state index in [1.165, 1.54) is 18.4 Å². The lowest BCUT2D eigenvalue weighted by Gasteiger charge is -1.98. The summed E-state index contributed by atoms with van der Waals surface area (Å²) < 4.78 is 4.72. The minimum Gasteiger partial charge on any atom is -0.375 e. The van der Waals surface area contributed by atoms with E-state index in [0.717, 1.165) is 10.6 Å². The summed E-state index contributed by atoms with van der Waals surface area (Å²) in [5, 5.41) is 12.6. The molecule has 19 heavy (non-hydrogen) atoms. The summed E-state index contributed by atoms with van der Waals surface area (Å²) in [5.41, 5.74) is 1.09. The lowest BCUT2D eigenvalue weighted by molar-refractivity contribution is -0.119. The normalized spacial score (nSPS) is 10.4. The van der Waals surface area contributed by atoms with Crippen LogP contribution in [0.4, 0.5) is 5.13 Å². The van der Waals surface area contributed by atoms with Gasteiger partial charge in [-0.05, 0) is 17.7 Å². The molecule has 1 N–H and O–H groups in total. The zero-order valence-corrected chi connectivity index (χ0v) is 11.8. The molecule has 0 aliphatic heterocycles. The zero-order valence-electron chi connectivity index (χ0n) is 10.2. The van der Waals surface area contributed by atoms with Crippen molar-refractivity contribution in [1.29, 1.82) is 0 Å². The molecule has 2 aromatic rings. The molecule has 1 aromatic heterocycles. The van der Waals surface area contributed by atoms with Crippen molar-refractivity contribution in [2.45, 2.75) is 6.42 Å². The van der Waals surface area contributed by atoms with Crippen molar-refractivity contribution in [3.63, 3.8) is 0 Å². The Labute approximate surface area is 119 Å². The molecule has 0 fully saturated rings. The molecule has 0 radical (unpaired) electrons. The van der Waals surface area contributed by atoms with E-state index in [1.54, 1.807) is 0 Å². The van der Waals surface area contributed by atoms with E-state index in [0.29, 0.717) is 16.6 Å². The Bertz CT molecular complexity index is 556. The zero-order chi connectivity index (χ0) is 13.7. The van der Waals surface area contributed by atoms with Crippen LogP contribution >= 0.6 is 22.9 Å². The summed E-state index contributed by atoms with van der Waals surface area (Å²) in [4.78, 5) is 11.3. The van der Waals surface area contributed by atoms with E-state index in [1.807, 2.05) is 24.3 Å². The number of ether oxygens (including phenoxy) is 1. The molecule has 0 unspecified atom stereocenters. The lowest BCUT2D eigenvalue weighted by atomic mass is 10.2. The number of hydrogen-bond acceptors (Lipinski definition) is 5. The Balaban J connectivity index is 1.97. The molecule has 0 spiro atoms. The van der Waals surface area contributed by atoms with Crippen LogP contribution in [0.5, 0.6) is 0 Å². The molecule has 5 nitrogen and oxygen atoms in total. The van der Waals surface area contributed by atoms with Crippen molar-refractivity contribution in [2.75, 3.05) is 19.0 Å². The molecule has 7 heteroatoms. The first-order valence-corrected chi connectivity index (χ1v) is 6.72. The topological polar surface area (TPSA) is 64.1 Å². The van der Waals surface area contributed by atoms with Crippen LogP contribution in [-0.4, -0.2) is 29.8 Å². The summed E-state index contributed by atoms with van der Waals surface area (Å²) in [6.45, 7) is 0.00605. The molecule has 1 heterocycles. The monoisotopic (exact) mass is 297 g/mol. The quantitative estimate of drug-likeness (QED) is 0.920. The number of nitrogens with one attached hydrogen (secondary N) is 1. The van der Waals surface area contributed by atoms with Gasteiger partial charge in [0.1, 0.15) is 11.6 Å². The van der Waals surface area contributed by atoms with Crippen molar-refractivity contribution in [3.05, 3.63) is 39.9 Å². The maximum atomic E-state index is 11.3. The number of halogens is 1. The second-order valence-corrected chi connectivity index (χ2v) is 5.28. The van der Waals surface area contributed by atoms with Crippen LogP contribution in [-0.2, 0) is 16.0 Å². The number of anilines is 1. The van der Waals surface area contributed by atoms with E-state index in [9.17, 15) is 4.79 Å². The molecular weight excluding hydrogens is 286 g/mol. The van der Waals surface area contributed by atoms with Gasteiger partial charge in [-0.15, -0.1) is 10.2 Å². The Morgan fingerprint density at radius 1 is 1.37 bits per heavy atom. The second kappa shape index (κ2) is 6.60. The van der Waals surface area contributed by atoms with Crippen molar-refractivity contribution in [3.8, 4) is 0 Å². The first-order valence-electron chi connectivity index (χ1n) is 5.53. The number of carbonyl (C=O) groups is 1. The van der Waals surface area contributed by atoms with Gasteiger partial charge in [-0.2, -0.15) is 0 Å². The number of benzene rings is 1. The third-order valence-corrected chi connectivity index (χ3v) is 3.35. The minimum atomic E-state index is -0.239. The number of hydrogen-bond donors (Lipinski definition) is 1. The Hall–Kier alpha value is -1.50. The average molecular weight is 298 g/mol. The van der Waals surface area contributed by atoms with Gasteiger partial charge in [0.15, 0.2) is 0 Å². The molecule has 0 saturated carbocycles. The van der Waals surface area contributed by atoms with Crippen molar-refractivity contribution < 1.29 is 9.53 Å². The van der Waals surface area contributed by atoms with Crippen LogP contribution in [0.2, 0.25) is 5.02 Å². The van der Waals surface area contributed by atoms with Gasteiger partial charge in [-0.3, -0.25) is 10.1 Å². The summed E-state index contributed by atoms with van der Waals surface area (Å²) in [6.07, 6.45) is 0.662. The molecule has 0 aliphatic rings. The Morgan fingerprint density at radius 2 is 2.11 bits per heavy atom. The fraction of sp³-hybridized carbons (Fsp3) is 0.250. The third-order valence-electron chi connectivity index (χ3n) is 2.26. The first kappa shape index (κ1) is 13.9. The van der Waals surface area contributed by atoms with Crippen LogP contribution in [0.15, 0.2) is 24.3 Å². The summed E-state index contributed by atoms with van der Waals surface area (Å²) in [7, 11) is 1.46. The van der Waals surface area contributed by atoms with Crippen molar-refractivity contribution in [1.82, 2.24) is 10.2 Å². The molecule has 0 bridgehead atoms. The molecule has 2 rings (SSSR count). The van der Waals surface area contributed by atoms with Gasteiger partial charge in [-0.1, -0.05) is 35.1 Å². The number of methoxy groups -OCH3 is 1. The number of amides is 1. The number of rotatable bonds is 5. The fourth-order valence-corrected chi connectivity index (χ4v) is 2.36. The Morgan fingerprint density at radius 3 is 2.79 bits per heavy atom. The smallest absolute Gasteiger partial charge is 0.252 e. The van der Waals surface area contributed by atoms with Crippen LogP contribution in [0, 0.1) is 0 Å². The first-order chi connectivity index (χ1) is 9.17. The maximum Gasteiger partial charge on any atom is 0.252 e. The molecule has 1 amide bonds. The van der Waals surface area contributed by atoms with Gasteiger partial charge >= 0.3 is 0 Å². The minimum absolute atomic E-state index is 0.00605.